The Labute approximate surface area is 209 Å². The fourth-order valence-electron chi connectivity index (χ4n) is 2.78. The van der Waals surface area contributed by atoms with E-state index in [0.717, 1.165) is 18.2 Å². The SMILES string of the molecule is N#C/C(=C\c1cc(Br)cc(Br)c1Oc1ccc([N+](=O)[O-])cc1[N+](=O)[O-])C(=O)Nc1ccccc1. The Morgan fingerprint density at radius 2 is 1.74 bits per heavy atom. The predicted molar refractivity (Wildman–Crippen MR) is 130 cm³/mol. The lowest BCUT2D eigenvalue weighted by atomic mass is 10.1. The number of nitro groups is 2. The Kier molecular flexibility index (Phi) is 7.72. The third-order valence-corrected chi connectivity index (χ3v) is 5.34. The topological polar surface area (TPSA) is 148 Å². The molecule has 0 atom stereocenters. The van der Waals surface area contributed by atoms with Crippen molar-refractivity contribution in [2.24, 2.45) is 0 Å². The smallest absolute Gasteiger partial charge is 0.318 e. The van der Waals surface area contributed by atoms with Crippen molar-refractivity contribution in [3.8, 4) is 17.6 Å². The summed E-state index contributed by atoms with van der Waals surface area (Å²) in [7, 11) is 0. The maximum Gasteiger partial charge on any atom is 0.318 e. The molecule has 1 N–H and O–H groups in total. The highest BCUT2D eigenvalue weighted by molar-refractivity contribution is 9.11. The zero-order valence-corrected chi connectivity index (χ0v) is 20.1. The molecule has 0 fully saturated rings. The van der Waals surface area contributed by atoms with Gasteiger partial charge in [0.2, 0.25) is 5.75 Å². The summed E-state index contributed by atoms with van der Waals surface area (Å²) in [6.45, 7) is 0. The number of anilines is 1. The number of nitrogens with zero attached hydrogens (tertiary/aromatic N) is 3. The number of nitrogens with one attached hydrogen (secondary N) is 1. The van der Waals surface area contributed by atoms with Crippen LogP contribution >= 0.6 is 31.9 Å². The molecule has 3 aromatic carbocycles. The lowest BCUT2D eigenvalue weighted by Crippen LogP contribution is -2.13. The van der Waals surface area contributed by atoms with Crippen LogP contribution in [0.15, 0.2) is 75.2 Å². The van der Waals surface area contributed by atoms with Gasteiger partial charge in [-0.25, -0.2) is 0 Å². The number of halogens is 2. The van der Waals surface area contributed by atoms with E-state index in [2.05, 4.69) is 37.2 Å². The Morgan fingerprint density at radius 1 is 1.03 bits per heavy atom. The van der Waals surface area contributed by atoms with E-state index in [-0.39, 0.29) is 22.6 Å². The number of nitriles is 1. The van der Waals surface area contributed by atoms with Crippen LogP contribution in [-0.2, 0) is 4.79 Å². The first-order valence-corrected chi connectivity index (χ1v) is 10.9. The van der Waals surface area contributed by atoms with E-state index < -0.39 is 27.1 Å². The predicted octanol–water partition coefficient (Wildman–Crippen LogP) is 6.37. The van der Waals surface area contributed by atoms with Crippen LogP contribution in [0.25, 0.3) is 6.08 Å². The number of benzene rings is 3. The Morgan fingerprint density at radius 3 is 2.35 bits per heavy atom. The second-order valence-corrected chi connectivity index (χ2v) is 8.33. The molecule has 0 aliphatic carbocycles. The normalized spacial score (nSPS) is 10.8. The molecule has 0 bridgehead atoms. The van der Waals surface area contributed by atoms with Gasteiger partial charge in [0.1, 0.15) is 17.4 Å². The number of amides is 1. The van der Waals surface area contributed by atoms with Crippen molar-refractivity contribution >= 4 is 60.9 Å². The van der Waals surface area contributed by atoms with Crippen LogP contribution in [0, 0.1) is 31.6 Å². The Balaban J connectivity index is 2.05. The quantitative estimate of drug-likeness (QED) is 0.146. The van der Waals surface area contributed by atoms with Gasteiger partial charge in [0.05, 0.1) is 20.4 Å². The molecule has 0 aromatic heterocycles. The fourth-order valence-corrected chi connectivity index (χ4v) is 4.12. The van der Waals surface area contributed by atoms with Gasteiger partial charge in [-0.05, 0) is 52.3 Å². The Bertz CT molecular complexity index is 1370. The minimum Gasteiger partial charge on any atom is -0.448 e. The summed E-state index contributed by atoms with van der Waals surface area (Å²) in [5, 5.41) is 34.6. The van der Waals surface area contributed by atoms with Crippen LogP contribution in [0.2, 0.25) is 0 Å². The number of ether oxygens (including phenoxy) is 1. The van der Waals surface area contributed by atoms with Gasteiger partial charge in [0.25, 0.3) is 11.6 Å². The number of hydrogen-bond donors (Lipinski definition) is 1. The van der Waals surface area contributed by atoms with Gasteiger partial charge in [-0.2, -0.15) is 5.26 Å². The summed E-state index contributed by atoms with van der Waals surface area (Å²) in [5.74, 6) is -0.877. The molecule has 0 radical (unpaired) electrons. The highest BCUT2D eigenvalue weighted by Crippen LogP contribution is 2.41. The van der Waals surface area contributed by atoms with E-state index in [4.69, 9.17) is 4.74 Å². The zero-order chi connectivity index (χ0) is 24.8. The van der Waals surface area contributed by atoms with Crippen molar-refractivity contribution in [2.75, 3.05) is 5.32 Å². The van der Waals surface area contributed by atoms with Crippen LogP contribution in [0.4, 0.5) is 17.1 Å². The van der Waals surface area contributed by atoms with Gasteiger partial charge >= 0.3 is 5.69 Å². The van der Waals surface area contributed by atoms with Crippen molar-refractivity contribution in [2.45, 2.75) is 0 Å². The molecule has 0 aliphatic rings. The molecule has 34 heavy (non-hydrogen) atoms. The number of rotatable bonds is 7. The number of carbonyl (C=O) groups is 1. The highest BCUT2D eigenvalue weighted by Gasteiger charge is 2.23. The van der Waals surface area contributed by atoms with Crippen LogP contribution in [0.3, 0.4) is 0 Å². The second kappa shape index (κ2) is 10.7. The minimum atomic E-state index is -0.807. The largest absolute Gasteiger partial charge is 0.448 e. The maximum atomic E-state index is 12.6. The van der Waals surface area contributed by atoms with Crippen LogP contribution < -0.4 is 10.1 Å². The maximum absolute atomic E-state index is 12.6. The average Bonchev–Trinajstić information content (AvgIpc) is 2.79. The number of nitro benzene ring substituents is 2. The third kappa shape index (κ3) is 5.83. The summed E-state index contributed by atoms with van der Waals surface area (Å²) in [4.78, 5) is 33.5. The lowest BCUT2D eigenvalue weighted by Gasteiger charge is -2.13. The van der Waals surface area contributed by atoms with Gasteiger partial charge in [0, 0.05) is 21.8 Å². The number of hydrogen-bond acceptors (Lipinski definition) is 7. The van der Waals surface area contributed by atoms with Gasteiger partial charge in [0.15, 0.2) is 0 Å². The molecule has 0 aliphatic heterocycles. The molecule has 3 rings (SSSR count). The molecule has 1 amide bonds. The van der Waals surface area contributed by atoms with Gasteiger partial charge < -0.3 is 10.1 Å². The van der Waals surface area contributed by atoms with E-state index in [9.17, 15) is 30.3 Å². The first kappa shape index (κ1) is 24.6. The first-order chi connectivity index (χ1) is 16.2. The van der Waals surface area contributed by atoms with Crippen LogP contribution in [0.5, 0.6) is 11.5 Å². The van der Waals surface area contributed by atoms with Crippen molar-refractivity contribution in [1.82, 2.24) is 0 Å². The fraction of sp³-hybridized carbons (Fsp3) is 0. The molecule has 0 saturated heterocycles. The van der Waals surface area contributed by atoms with E-state index in [1.54, 1.807) is 42.5 Å². The Hall–Kier alpha value is -4.08. The monoisotopic (exact) mass is 586 g/mol. The molecule has 0 unspecified atom stereocenters. The number of carbonyl (C=O) groups excluding carboxylic acids is 1. The van der Waals surface area contributed by atoms with Gasteiger partial charge in [-0.1, -0.05) is 34.1 Å². The number of non-ortho nitro benzene ring substituents is 1. The summed E-state index contributed by atoms with van der Waals surface area (Å²) < 4.78 is 6.66. The summed E-state index contributed by atoms with van der Waals surface area (Å²) >= 11 is 6.63. The van der Waals surface area contributed by atoms with E-state index >= 15 is 0 Å². The molecule has 170 valence electrons. The van der Waals surface area contributed by atoms with Crippen LogP contribution in [-0.4, -0.2) is 15.8 Å². The molecule has 12 heteroatoms. The van der Waals surface area contributed by atoms with Crippen molar-refractivity contribution < 1.29 is 19.4 Å². The second-order valence-electron chi connectivity index (χ2n) is 6.56. The highest BCUT2D eigenvalue weighted by atomic mass is 79.9. The molecule has 0 spiro atoms. The van der Waals surface area contributed by atoms with E-state index in [0.29, 0.717) is 14.6 Å². The lowest BCUT2D eigenvalue weighted by molar-refractivity contribution is -0.394. The van der Waals surface area contributed by atoms with Gasteiger partial charge in [-0.15, -0.1) is 0 Å². The minimum absolute atomic E-state index is 0.0559. The summed E-state index contributed by atoms with van der Waals surface area (Å²) in [5.41, 5.74) is -0.618. The molecule has 0 heterocycles. The molecular weight excluding hydrogens is 576 g/mol. The van der Waals surface area contributed by atoms with E-state index in [1.165, 1.54) is 6.08 Å². The van der Waals surface area contributed by atoms with Crippen molar-refractivity contribution in [3.05, 3.63) is 101 Å². The van der Waals surface area contributed by atoms with Crippen molar-refractivity contribution in [1.29, 1.82) is 5.26 Å². The summed E-state index contributed by atoms with van der Waals surface area (Å²) in [6, 6.07) is 16.5. The molecule has 10 nitrogen and oxygen atoms in total. The standard InChI is InChI=1S/C22H12Br2N4O6/c23-15-9-13(8-14(12-25)22(29)26-16-4-2-1-3-5-16)21(18(24)10-15)34-20-7-6-17(27(30)31)11-19(20)28(32)33/h1-11H,(H,26,29)/b14-8+. The molecule has 3 aromatic rings. The van der Waals surface area contributed by atoms with Crippen LogP contribution in [0.1, 0.15) is 5.56 Å². The third-order valence-electron chi connectivity index (χ3n) is 4.30. The first-order valence-electron chi connectivity index (χ1n) is 9.27. The molecular formula is C22H12Br2N4O6. The summed E-state index contributed by atoms with van der Waals surface area (Å²) in [6.07, 6.45) is 1.26. The average molecular weight is 588 g/mol. The van der Waals surface area contributed by atoms with E-state index in [1.807, 2.05) is 6.07 Å². The molecule has 0 saturated carbocycles. The zero-order valence-electron chi connectivity index (χ0n) is 16.9. The van der Waals surface area contributed by atoms with Gasteiger partial charge in [-0.3, -0.25) is 25.0 Å². The number of para-hydroxylation sites is 1. The van der Waals surface area contributed by atoms with Crippen molar-refractivity contribution in [3.63, 3.8) is 0 Å².